The van der Waals surface area contributed by atoms with Crippen LogP contribution in [0.5, 0.6) is 0 Å². The fourth-order valence-electron chi connectivity index (χ4n) is 2.55. The van der Waals surface area contributed by atoms with E-state index in [9.17, 15) is 4.79 Å². The average Bonchev–Trinajstić information content (AvgIpc) is 2.61. The van der Waals surface area contributed by atoms with Gasteiger partial charge in [-0.3, -0.25) is 4.79 Å². The number of anilines is 3. The number of nitrogens with zero attached hydrogens (tertiary/aromatic N) is 2. The SMILES string of the molecule is Cc1ccccc1Nc1cnc(C(=O)Nc2c(C)cccc2C)cn1. The summed E-state index contributed by atoms with van der Waals surface area (Å²) in [5.41, 5.74) is 5.19. The predicted octanol–water partition coefficient (Wildman–Crippen LogP) is 4.40. The summed E-state index contributed by atoms with van der Waals surface area (Å²) in [7, 11) is 0. The van der Waals surface area contributed by atoms with Crippen LogP contribution >= 0.6 is 0 Å². The van der Waals surface area contributed by atoms with Crippen LogP contribution in [0.4, 0.5) is 17.2 Å². The largest absolute Gasteiger partial charge is 0.339 e. The van der Waals surface area contributed by atoms with Crippen molar-refractivity contribution in [1.29, 1.82) is 0 Å². The molecule has 0 saturated heterocycles. The minimum absolute atomic E-state index is 0.271. The van der Waals surface area contributed by atoms with Crippen molar-refractivity contribution < 1.29 is 4.79 Å². The standard InChI is InChI=1S/C20H20N4O/c1-13-7-4-5-10-16(13)23-18-12-21-17(11-22-18)20(25)24-19-14(2)8-6-9-15(19)3/h4-12H,1-3H3,(H,22,23)(H,24,25). The van der Waals surface area contributed by atoms with Crippen LogP contribution in [0.2, 0.25) is 0 Å². The molecule has 0 radical (unpaired) electrons. The predicted molar refractivity (Wildman–Crippen MR) is 100 cm³/mol. The molecule has 1 aromatic heterocycles. The van der Waals surface area contributed by atoms with Gasteiger partial charge >= 0.3 is 0 Å². The van der Waals surface area contributed by atoms with Gasteiger partial charge in [0.05, 0.1) is 12.4 Å². The number of hydrogen-bond acceptors (Lipinski definition) is 4. The first-order valence-electron chi connectivity index (χ1n) is 8.07. The minimum Gasteiger partial charge on any atom is -0.339 e. The highest BCUT2D eigenvalue weighted by molar-refractivity contribution is 6.03. The molecule has 126 valence electrons. The molecule has 3 aromatic rings. The third-order valence-corrected chi connectivity index (χ3v) is 4.01. The Morgan fingerprint density at radius 3 is 2.16 bits per heavy atom. The molecule has 0 spiro atoms. The fourth-order valence-corrected chi connectivity index (χ4v) is 2.55. The van der Waals surface area contributed by atoms with E-state index in [2.05, 4.69) is 20.6 Å². The van der Waals surface area contributed by atoms with Crippen LogP contribution in [0.1, 0.15) is 27.2 Å². The van der Waals surface area contributed by atoms with Gasteiger partial charge in [-0.05, 0) is 43.5 Å². The zero-order valence-corrected chi connectivity index (χ0v) is 14.5. The molecule has 0 fully saturated rings. The lowest BCUT2D eigenvalue weighted by molar-refractivity contribution is 0.102. The minimum atomic E-state index is -0.271. The molecule has 1 heterocycles. The first kappa shape index (κ1) is 16.6. The molecule has 0 aliphatic heterocycles. The van der Waals surface area contributed by atoms with Crippen molar-refractivity contribution in [3.8, 4) is 0 Å². The Morgan fingerprint density at radius 1 is 0.840 bits per heavy atom. The number of nitrogens with one attached hydrogen (secondary N) is 2. The van der Waals surface area contributed by atoms with E-state index in [1.807, 2.05) is 63.2 Å². The summed E-state index contributed by atoms with van der Waals surface area (Å²) >= 11 is 0. The highest BCUT2D eigenvalue weighted by atomic mass is 16.1. The van der Waals surface area contributed by atoms with Crippen LogP contribution in [0, 0.1) is 20.8 Å². The van der Waals surface area contributed by atoms with Crippen LogP contribution in [-0.2, 0) is 0 Å². The van der Waals surface area contributed by atoms with E-state index in [0.717, 1.165) is 28.1 Å². The summed E-state index contributed by atoms with van der Waals surface area (Å²) in [4.78, 5) is 20.9. The van der Waals surface area contributed by atoms with E-state index < -0.39 is 0 Å². The maximum Gasteiger partial charge on any atom is 0.275 e. The molecule has 0 unspecified atom stereocenters. The van der Waals surface area contributed by atoms with Gasteiger partial charge in [-0.2, -0.15) is 0 Å². The Balaban J connectivity index is 1.74. The Bertz CT molecular complexity index is 884. The van der Waals surface area contributed by atoms with E-state index >= 15 is 0 Å². The summed E-state index contributed by atoms with van der Waals surface area (Å²) in [5, 5.41) is 6.11. The number of aromatic nitrogens is 2. The molecule has 0 atom stereocenters. The van der Waals surface area contributed by atoms with Gasteiger partial charge in [0.2, 0.25) is 0 Å². The highest BCUT2D eigenvalue weighted by Crippen LogP contribution is 2.21. The molecule has 5 nitrogen and oxygen atoms in total. The summed E-state index contributed by atoms with van der Waals surface area (Å²) in [6.45, 7) is 5.94. The Morgan fingerprint density at radius 2 is 1.52 bits per heavy atom. The maximum absolute atomic E-state index is 12.4. The number of hydrogen-bond donors (Lipinski definition) is 2. The number of rotatable bonds is 4. The maximum atomic E-state index is 12.4. The number of aryl methyl sites for hydroxylation is 3. The van der Waals surface area contributed by atoms with Crippen molar-refractivity contribution in [3.05, 3.63) is 77.2 Å². The molecule has 0 aliphatic rings. The lowest BCUT2D eigenvalue weighted by Crippen LogP contribution is -2.15. The molecule has 0 saturated carbocycles. The Kier molecular flexibility index (Phi) is 4.75. The summed E-state index contributed by atoms with van der Waals surface area (Å²) in [6, 6.07) is 13.8. The zero-order valence-electron chi connectivity index (χ0n) is 14.5. The van der Waals surface area contributed by atoms with Gasteiger partial charge in [0.15, 0.2) is 0 Å². The number of para-hydroxylation sites is 2. The van der Waals surface area contributed by atoms with Crippen molar-refractivity contribution >= 4 is 23.1 Å². The second-order valence-electron chi connectivity index (χ2n) is 5.95. The smallest absolute Gasteiger partial charge is 0.275 e. The third-order valence-electron chi connectivity index (χ3n) is 4.01. The first-order chi connectivity index (χ1) is 12.0. The van der Waals surface area contributed by atoms with E-state index in [0.29, 0.717) is 5.82 Å². The van der Waals surface area contributed by atoms with Crippen LogP contribution in [0.25, 0.3) is 0 Å². The summed E-state index contributed by atoms with van der Waals surface area (Å²) in [5.74, 6) is 0.324. The van der Waals surface area contributed by atoms with Crippen molar-refractivity contribution in [1.82, 2.24) is 9.97 Å². The van der Waals surface area contributed by atoms with Crippen LogP contribution in [-0.4, -0.2) is 15.9 Å². The number of carbonyl (C=O) groups is 1. The molecular formula is C20H20N4O. The molecule has 1 amide bonds. The van der Waals surface area contributed by atoms with E-state index in [-0.39, 0.29) is 11.6 Å². The average molecular weight is 332 g/mol. The topological polar surface area (TPSA) is 66.9 Å². The second-order valence-corrected chi connectivity index (χ2v) is 5.95. The monoisotopic (exact) mass is 332 g/mol. The first-order valence-corrected chi connectivity index (χ1v) is 8.07. The summed E-state index contributed by atoms with van der Waals surface area (Å²) in [6.07, 6.45) is 3.04. The van der Waals surface area contributed by atoms with Crippen molar-refractivity contribution in [2.75, 3.05) is 10.6 Å². The van der Waals surface area contributed by atoms with Crippen molar-refractivity contribution in [2.45, 2.75) is 20.8 Å². The van der Waals surface area contributed by atoms with Gasteiger partial charge in [0, 0.05) is 11.4 Å². The van der Waals surface area contributed by atoms with E-state index in [1.165, 1.54) is 6.20 Å². The lowest BCUT2D eigenvalue weighted by atomic mass is 10.1. The van der Waals surface area contributed by atoms with Gasteiger partial charge in [-0.25, -0.2) is 9.97 Å². The Hall–Kier alpha value is -3.21. The lowest BCUT2D eigenvalue weighted by Gasteiger charge is -2.11. The molecule has 2 aromatic carbocycles. The molecule has 5 heteroatoms. The molecule has 0 aliphatic carbocycles. The van der Waals surface area contributed by atoms with Crippen molar-refractivity contribution in [2.24, 2.45) is 0 Å². The third kappa shape index (κ3) is 3.83. The molecule has 3 rings (SSSR count). The zero-order chi connectivity index (χ0) is 17.8. The molecule has 0 bridgehead atoms. The fraction of sp³-hybridized carbons (Fsp3) is 0.150. The van der Waals surface area contributed by atoms with Gasteiger partial charge in [-0.15, -0.1) is 0 Å². The van der Waals surface area contributed by atoms with Gasteiger partial charge in [-0.1, -0.05) is 36.4 Å². The van der Waals surface area contributed by atoms with E-state index in [1.54, 1.807) is 6.20 Å². The molecule has 2 N–H and O–H groups in total. The van der Waals surface area contributed by atoms with Crippen LogP contribution in [0.3, 0.4) is 0 Å². The quantitative estimate of drug-likeness (QED) is 0.743. The highest BCUT2D eigenvalue weighted by Gasteiger charge is 2.11. The van der Waals surface area contributed by atoms with Crippen LogP contribution < -0.4 is 10.6 Å². The van der Waals surface area contributed by atoms with Gasteiger partial charge in [0.25, 0.3) is 5.91 Å². The Labute approximate surface area is 147 Å². The van der Waals surface area contributed by atoms with Crippen LogP contribution in [0.15, 0.2) is 54.9 Å². The molecule has 25 heavy (non-hydrogen) atoms. The summed E-state index contributed by atoms with van der Waals surface area (Å²) < 4.78 is 0. The number of benzene rings is 2. The van der Waals surface area contributed by atoms with Crippen molar-refractivity contribution in [3.63, 3.8) is 0 Å². The van der Waals surface area contributed by atoms with E-state index in [4.69, 9.17) is 0 Å². The number of amides is 1. The van der Waals surface area contributed by atoms with Gasteiger partial charge in [0.1, 0.15) is 11.5 Å². The normalized spacial score (nSPS) is 10.4. The van der Waals surface area contributed by atoms with Gasteiger partial charge < -0.3 is 10.6 Å². The second kappa shape index (κ2) is 7.13. The molecular weight excluding hydrogens is 312 g/mol. The number of carbonyl (C=O) groups excluding carboxylic acids is 1.